The van der Waals surface area contributed by atoms with Crippen molar-refractivity contribution in [3.05, 3.63) is 69.3 Å². The number of aryl methyl sites for hydroxylation is 1. The van der Waals surface area contributed by atoms with Crippen molar-refractivity contribution in [3.63, 3.8) is 0 Å². The number of rotatable bonds is 11. The van der Waals surface area contributed by atoms with Gasteiger partial charge in [0.05, 0.1) is 5.54 Å². The first-order valence-corrected chi connectivity index (χ1v) is 15.3. The van der Waals surface area contributed by atoms with E-state index in [4.69, 9.17) is 11.2 Å². The van der Waals surface area contributed by atoms with Crippen molar-refractivity contribution in [2.75, 3.05) is 25.0 Å². The van der Waals surface area contributed by atoms with Gasteiger partial charge in [-0.15, -0.1) is 18.2 Å². The standard InChI is InChI=1S/C26H36N2O2S3/c1-12-21-14-22(19(4)27-16-21)15-23(13-2)30-25(31-8)24(29)28-26(6,7)18(3)17-32-20(5)33(9,10)11/h1,13-17,25H,2,5H2,3-4,6-11H3,(H,28,29)/b18-17+,23-15+. The maximum absolute atomic E-state index is 13.1. The number of carbonyl (C=O) groups excluding carboxylic acids is 1. The molecule has 1 heterocycles. The molecule has 0 aliphatic heterocycles. The number of amides is 1. The Hall–Kier alpha value is -2.01. The van der Waals surface area contributed by atoms with Gasteiger partial charge in [-0.2, -0.15) is 0 Å². The molecule has 180 valence electrons. The quantitative estimate of drug-likeness (QED) is 0.166. The van der Waals surface area contributed by atoms with Crippen molar-refractivity contribution in [2.45, 2.75) is 38.7 Å². The minimum Gasteiger partial charge on any atom is -0.470 e. The Morgan fingerprint density at radius 1 is 1.39 bits per heavy atom. The van der Waals surface area contributed by atoms with E-state index in [9.17, 15) is 4.79 Å². The summed E-state index contributed by atoms with van der Waals surface area (Å²) in [7, 11) is -0.852. The van der Waals surface area contributed by atoms with Gasteiger partial charge in [-0.05, 0) is 81.9 Å². The van der Waals surface area contributed by atoms with Crippen LogP contribution in [0.1, 0.15) is 37.6 Å². The van der Waals surface area contributed by atoms with Gasteiger partial charge in [0.25, 0.3) is 5.91 Å². The third kappa shape index (κ3) is 9.04. The van der Waals surface area contributed by atoms with Crippen molar-refractivity contribution in [1.82, 2.24) is 10.3 Å². The van der Waals surface area contributed by atoms with Gasteiger partial charge in [0.2, 0.25) is 5.44 Å². The van der Waals surface area contributed by atoms with Crippen LogP contribution >= 0.6 is 33.6 Å². The maximum Gasteiger partial charge on any atom is 0.272 e. The molecule has 1 N–H and O–H groups in total. The van der Waals surface area contributed by atoms with E-state index in [0.717, 1.165) is 21.1 Å². The average molecular weight is 505 g/mol. The highest BCUT2D eigenvalue weighted by Gasteiger charge is 2.28. The Balaban J connectivity index is 3.00. The van der Waals surface area contributed by atoms with Gasteiger partial charge in [0.1, 0.15) is 5.76 Å². The van der Waals surface area contributed by atoms with Gasteiger partial charge >= 0.3 is 0 Å². The van der Waals surface area contributed by atoms with E-state index in [1.54, 1.807) is 30.1 Å². The summed E-state index contributed by atoms with van der Waals surface area (Å²) in [6.45, 7) is 15.9. The van der Waals surface area contributed by atoms with Crippen molar-refractivity contribution < 1.29 is 9.53 Å². The zero-order chi connectivity index (χ0) is 25.4. The summed E-state index contributed by atoms with van der Waals surface area (Å²) in [5.74, 6) is 2.83. The van der Waals surface area contributed by atoms with Crippen LogP contribution in [-0.2, 0) is 9.53 Å². The highest BCUT2D eigenvalue weighted by atomic mass is 32.3. The summed E-state index contributed by atoms with van der Waals surface area (Å²) in [6, 6.07) is 1.85. The van der Waals surface area contributed by atoms with E-state index in [0.29, 0.717) is 11.3 Å². The fraction of sp³-hybridized carbons (Fsp3) is 0.385. The molecule has 1 rings (SSSR count). The lowest BCUT2D eigenvalue weighted by molar-refractivity contribution is -0.127. The van der Waals surface area contributed by atoms with E-state index in [2.05, 4.69) is 53.6 Å². The molecule has 7 heteroatoms. The molecule has 1 unspecified atom stereocenters. The van der Waals surface area contributed by atoms with Gasteiger partial charge in [0, 0.05) is 27.3 Å². The molecule has 1 aromatic heterocycles. The summed E-state index contributed by atoms with van der Waals surface area (Å²) in [5.41, 5.74) is 2.05. The number of nitrogens with zero attached hydrogens (tertiary/aromatic N) is 1. The number of carbonyl (C=O) groups is 1. The molecule has 1 amide bonds. The molecular weight excluding hydrogens is 468 g/mol. The normalized spacial score (nSPS) is 14.2. The van der Waals surface area contributed by atoms with Crippen molar-refractivity contribution in [1.29, 1.82) is 0 Å². The van der Waals surface area contributed by atoms with Gasteiger partial charge in [0.15, 0.2) is 0 Å². The van der Waals surface area contributed by atoms with Crippen molar-refractivity contribution >= 4 is 45.5 Å². The molecule has 0 radical (unpaired) electrons. The topological polar surface area (TPSA) is 51.2 Å². The van der Waals surface area contributed by atoms with Crippen LogP contribution in [-0.4, -0.2) is 46.9 Å². The van der Waals surface area contributed by atoms with E-state index in [1.165, 1.54) is 11.8 Å². The Morgan fingerprint density at radius 3 is 2.55 bits per heavy atom. The minimum absolute atomic E-state index is 0.217. The van der Waals surface area contributed by atoms with Crippen LogP contribution in [0.15, 0.2) is 52.5 Å². The number of allylic oxidation sites excluding steroid dienone is 1. The maximum atomic E-state index is 13.1. The Bertz CT molecular complexity index is 996. The molecule has 0 aliphatic rings. The second-order valence-electron chi connectivity index (χ2n) is 8.72. The van der Waals surface area contributed by atoms with Gasteiger partial charge in [-0.1, -0.05) is 30.8 Å². The zero-order valence-electron chi connectivity index (χ0n) is 20.9. The molecule has 33 heavy (non-hydrogen) atoms. The number of hydrogen-bond acceptors (Lipinski definition) is 5. The third-order valence-electron chi connectivity index (χ3n) is 4.93. The fourth-order valence-electron chi connectivity index (χ4n) is 2.31. The predicted octanol–water partition coefficient (Wildman–Crippen LogP) is 6.30. The summed E-state index contributed by atoms with van der Waals surface area (Å²) in [5, 5.41) is 5.17. The average Bonchev–Trinajstić information content (AvgIpc) is 2.74. The first-order valence-electron chi connectivity index (χ1n) is 10.2. The Kier molecular flexibility index (Phi) is 11.0. The second kappa shape index (κ2) is 12.5. The van der Waals surface area contributed by atoms with Crippen LogP contribution in [0.4, 0.5) is 0 Å². The summed E-state index contributed by atoms with van der Waals surface area (Å²) < 4.78 is 7.14. The molecule has 0 spiro atoms. The molecule has 1 aromatic rings. The van der Waals surface area contributed by atoms with Crippen LogP contribution < -0.4 is 5.32 Å². The number of aromatic nitrogens is 1. The number of terminal acetylenes is 1. The molecule has 0 bridgehead atoms. The molecule has 0 aliphatic carbocycles. The van der Waals surface area contributed by atoms with Crippen LogP contribution in [0.3, 0.4) is 0 Å². The van der Waals surface area contributed by atoms with E-state index in [-0.39, 0.29) is 5.91 Å². The molecule has 0 fully saturated rings. The second-order valence-corrected chi connectivity index (χ2v) is 15.0. The molecule has 0 saturated heterocycles. The number of pyridine rings is 1. The van der Waals surface area contributed by atoms with Gasteiger partial charge in [-0.25, -0.2) is 10.0 Å². The van der Waals surface area contributed by atoms with Crippen molar-refractivity contribution in [3.8, 4) is 12.3 Å². The summed E-state index contributed by atoms with van der Waals surface area (Å²) >= 11 is 2.94. The number of ether oxygens (including phenoxy) is 1. The van der Waals surface area contributed by atoms with Gasteiger partial charge < -0.3 is 10.1 Å². The van der Waals surface area contributed by atoms with Crippen molar-refractivity contribution in [2.24, 2.45) is 0 Å². The van der Waals surface area contributed by atoms with Crippen LogP contribution in [0.25, 0.3) is 6.08 Å². The molecular formula is C26H36N2O2S3. The number of nitrogens with one attached hydrogen (secondary N) is 1. The highest BCUT2D eigenvalue weighted by Crippen LogP contribution is 2.50. The van der Waals surface area contributed by atoms with E-state index >= 15 is 0 Å². The Morgan fingerprint density at radius 2 is 2.03 bits per heavy atom. The fourth-order valence-corrected chi connectivity index (χ4v) is 4.70. The number of thioether (sulfide) groups is 2. The lowest BCUT2D eigenvalue weighted by Crippen LogP contribution is -2.48. The van der Waals surface area contributed by atoms with E-state index < -0.39 is 21.0 Å². The van der Waals surface area contributed by atoms with E-state index in [1.807, 2.05) is 40.0 Å². The molecule has 4 nitrogen and oxygen atoms in total. The van der Waals surface area contributed by atoms with Gasteiger partial charge in [-0.3, -0.25) is 9.78 Å². The molecule has 0 saturated carbocycles. The smallest absolute Gasteiger partial charge is 0.272 e. The summed E-state index contributed by atoms with van der Waals surface area (Å²) in [4.78, 5) is 17.4. The highest BCUT2D eigenvalue weighted by molar-refractivity contribution is 8.43. The Labute approximate surface area is 210 Å². The predicted molar refractivity (Wildman–Crippen MR) is 152 cm³/mol. The lowest BCUT2D eigenvalue weighted by Gasteiger charge is -2.31. The summed E-state index contributed by atoms with van der Waals surface area (Å²) in [6.07, 6.45) is 19.0. The lowest BCUT2D eigenvalue weighted by atomic mass is 9.97. The minimum atomic E-state index is -0.852. The monoisotopic (exact) mass is 504 g/mol. The SMILES string of the molecule is C#Cc1cnc(C)c(/C=C(\C=C)OC(SC)C(=O)NC(C)(C)/C(C)=C/SC(=C)S(C)(C)C)c1. The van der Waals surface area contributed by atoms with Crippen LogP contribution in [0.2, 0.25) is 0 Å². The first-order chi connectivity index (χ1) is 15.2. The van der Waals surface area contributed by atoms with Crippen LogP contribution in [0.5, 0.6) is 0 Å². The number of hydrogen-bond donors (Lipinski definition) is 1. The first kappa shape index (κ1) is 29.0. The van der Waals surface area contributed by atoms with Crippen LogP contribution in [0, 0.1) is 19.3 Å². The largest absolute Gasteiger partial charge is 0.470 e. The zero-order valence-corrected chi connectivity index (χ0v) is 23.4. The molecule has 0 aromatic carbocycles. The third-order valence-corrected chi connectivity index (χ3v) is 9.56. The molecule has 1 atom stereocenters.